The van der Waals surface area contributed by atoms with Crippen LogP contribution in [0.1, 0.15) is 36.2 Å². The highest BCUT2D eigenvalue weighted by atomic mass is 32.2. The molecule has 204 valence electrons. The highest BCUT2D eigenvalue weighted by molar-refractivity contribution is 8.16. The molecule has 1 atom stereocenters. The number of amidine groups is 1. The lowest BCUT2D eigenvalue weighted by Crippen LogP contribution is -2.38. The van der Waals surface area contributed by atoms with E-state index in [1.54, 1.807) is 20.2 Å². The number of carbonyl (C=O) groups excluding carboxylic acids is 2. The Bertz CT molecular complexity index is 1450. The van der Waals surface area contributed by atoms with Crippen LogP contribution < -0.4 is 10.1 Å². The minimum Gasteiger partial charge on any atom is -0.497 e. The van der Waals surface area contributed by atoms with Gasteiger partial charge >= 0.3 is 5.97 Å². The minimum atomic E-state index is -0.546. The molecule has 0 fully saturated rings. The summed E-state index contributed by atoms with van der Waals surface area (Å²) in [5.74, 6) is 0.145. The maximum Gasteiger partial charge on any atom is 0.338 e. The highest BCUT2D eigenvalue weighted by Crippen LogP contribution is 2.47. The molecule has 3 heterocycles. The van der Waals surface area contributed by atoms with Crippen molar-refractivity contribution in [1.29, 1.82) is 0 Å². The van der Waals surface area contributed by atoms with Crippen LogP contribution in [-0.4, -0.2) is 47.2 Å². The smallest absolute Gasteiger partial charge is 0.338 e. The van der Waals surface area contributed by atoms with E-state index in [1.165, 1.54) is 11.8 Å². The number of fused-ring (bicyclic) bond motifs is 1. The lowest BCUT2D eigenvalue weighted by Gasteiger charge is -2.36. The molecule has 0 aliphatic carbocycles. The average molecular weight is 555 g/mol. The fourth-order valence-corrected chi connectivity index (χ4v) is 5.61. The summed E-state index contributed by atoms with van der Waals surface area (Å²) in [6.07, 6.45) is 2.52. The summed E-state index contributed by atoms with van der Waals surface area (Å²) in [5.41, 5.74) is 4.33. The topological polar surface area (TPSA) is 93.1 Å². The summed E-state index contributed by atoms with van der Waals surface area (Å²) < 4.78 is 10.9. The molecule has 40 heavy (non-hydrogen) atoms. The van der Waals surface area contributed by atoms with Gasteiger partial charge in [-0.25, -0.2) is 9.79 Å². The Balaban J connectivity index is 1.48. The van der Waals surface area contributed by atoms with E-state index < -0.39 is 12.0 Å². The molecule has 0 saturated carbocycles. The fourth-order valence-electron chi connectivity index (χ4n) is 4.69. The third-order valence-corrected chi connectivity index (χ3v) is 7.44. The van der Waals surface area contributed by atoms with Crippen LogP contribution in [0.5, 0.6) is 5.75 Å². The first-order valence-electron chi connectivity index (χ1n) is 13.1. The number of amides is 1. The quantitative estimate of drug-likeness (QED) is 0.348. The standard InChI is InChI=1S/C31H30N4O4S/c1-3-39-30(37)27-28(21-9-5-4-6-10-21)34-31-35(29(27)22-12-14-25(38-2)15-13-22)24(20-40-31)19-26(36)33-18-16-23-11-7-8-17-32-23/h4-15,17,20,29H,3,16,18-19H2,1-2H3,(H,33,36)/t29-/m0/s1. The maximum atomic E-state index is 13.6. The van der Waals surface area contributed by atoms with Crippen molar-refractivity contribution in [2.24, 2.45) is 4.99 Å². The predicted octanol–water partition coefficient (Wildman–Crippen LogP) is 5.11. The zero-order valence-corrected chi connectivity index (χ0v) is 23.2. The Labute approximate surface area is 237 Å². The van der Waals surface area contributed by atoms with Gasteiger partial charge in [0.15, 0.2) is 5.17 Å². The third-order valence-electron chi connectivity index (χ3n) is 6.56. The van der Waals surface area contributed by atoms with Crippen molar-refractivity contribution in [3.8, 4) is 5.75 Å². The van der Waals surface area contributed by atoms with Gasteiger partial charge in [-0.2, -0.15) is 0 Å². The molecule has 3 aromatic rings. The van der Waals surface area contributed by atoms with Gasteiger partial charge in [-0.1, -0.05) is 60.3 Å². The summed E-state index contributed by atoms with van der Waals surface area (Å²) >= 11 is 1.44. The number of rotatable bonds is 10. The van der Waals surface area contributed by atoms with E-state index in [2.05, 4.69) is 10.3 Å². The van der Waals surface area contributed by atoms with Gasteiger partial charge in [0.2, 0.25) is 5.91 Å². The SMILES string of the molecule is CCOC(=O)C1=C(c2ccccc2)N=C2SC=C(CC(=O)NCCc3ccccn3)N2[C@H]1c1ccc(OC)cc1. The molecule has 2 aliphatic rings. The van der Waals surface area contributed by atoms with Gasteiger partial charge in [0.05, 0.1) is 37.4 Å². The van der Waals surface area contributed by atoms with E-state index in [4.69, 9.17) is 14.5 Å². The van der Waals surface area contributed by atoms with Crippen LogP contribution >= 0.6 is 11.8 Å². The van der Waals surface area contributed by atoms with Crippen LogP contribution in [0, 0.1) is 0 Å². The number of aromatic nitrogens is 1. The van der Waals surface area contributed by atoms with Gasteiger partial charge < -0.3 is 19.7 Å². The van der Waals surface area contributed by atoms with Crippen LogP contribution in [0.3, 0.4) is 0 Å². The van der Waals surface area contributed by atoms with E-state index in [9.17, 15) is 9.59 Å². The lowest BCUT2D eigenvalue weighted by atomic mass is 9.91. The number of thioether (sulfide) groups is 1. The van der Waals surface area contributed by atoms with Gasteiger partial charge in [-0.15, -0.1) is 0 Å². The molecule has 8 nitrogen and oxygen atoms in total. The van der Waals surface area contributed by atoms with Crippen molar-refractivity contribution in [1.82, 2.24) is 15.2 Å². The van der Waals surface area contributed by atoms with Gasteiger partial charge in [0, 0.05) is 36.1 Å². The molecule has 2 aromatic carbocycles. The van der Waals surface area contributed by atoms with Crippen LogP contribution in [0.2, 0.25) is 0 Å². The van der Waals surface area contributed by atoms with E-state index in [1.807, 2.05) is 83.1 Å². The van der Waals surface area contributed by atoms with E-state index in [0.29, 0.717) is 35.2 Å². The molecule has 5 rings (SSSR count). The summed E-state index contributed by atoms with van der Waals surface area (Å²) in [4.78, 5) is 37.8. The molecule has 0 spiro atoms. The Morgan fingerprint density at radius 1 is 1.02 bits per heavy atom. The Morgan fingerprint density at radius 2 is 1.80 bits per heavy atom. The maximum absolute atomic E-state index is 13.6. The molecule has 9 heteroatoms. The summed E-state index contributed by atoms with van der Waals surface area (Å²) in [7, 11) is 1.61. The number of esters is 1. The van der Waals surface area contributed by atoms with Gasteiger partial charge in [-0.3, -0.25) is 9.78 Å². The molecule has 1 amide bonds. The Morgan fingerprint density at radius 3 is 2.50 bits per heavy atom. The zero-order chi connectivity index (χ0) is 27.9. The largest absolute Gasteiger partial charge is 0.497 e. The highest BCUT2D eigenvalue weighted by Gasteiger charge is 2.42. The molecule has 2 aliphatic heterocycles. The molecule has 1 aromatic heterocycles. The second-order valence-electron chi connectivity index (χ2n) is 9.11. The zero-order valence-electron chi connectivity index (χ0n) is 22.4. The Kier molecular flexibility index (Phi) is 8.61. The van der Waals surface area contributed by atoms with Gasteiger partial charge in [0.1, 0.15) is 5.75 Å². The molecule has 0 saturated heterocycles. The lowest BCUT2D eigenvalue weighted by molar-refractivity contribution is -0.139. The number of methoxy groups -OCH3 is 1. The van der Waals surface area contributed by atoms with Crippen molar-refractivity contribution in [2.45, 2.75) is 25.8 Å². The van der Waals surface area contributed by atoms with Crippen molar-refractivity contribution in [3.63, 3.8) is 0 Å². The summed E-state index contributed by atoms with van der Waals surface area (Å²) in [5, 5.41) is 5.63. The van der Waals surface area contributed by atoms with Crippen molar-refractivity contribution >= 4 is 34.5 Å². The third kappa shape index (κ3) is 5.94. The van der Waals surface area contributed by atoms with Gasteiger partial charge in [0.25, 0.3) is 0 Å². The number of benzene rings is 2. The first-order valence-corrected chi connectivity index (χ1v) is 14.0. The Hall–Kier alpha value is -4.37. The molecule has 0 bridgehead atoms. The van der Waals surface area contributed by atoms with Crippen LogP contribution in [0.15, 0.2) is 101 Å². The first-order chi connectivity index (χ1) is 19.6. The number of pyridine rings is 1. The number of nitrogens with zero attached hydrogens (tertiary/aromatic N) is 3. The number of aliphatic imine (C=N–C) groups is 1. The monoisotopic (exact) mass is 554 g/mol. The average Bonchev–Trinajstić information content (AvgIpc) is 3.39. The normalized spacial score (nSPS) is 16.1. The molecule has 0 radical (unpaired) electrons. The second-order valence-corrected chi connectivity index (χ2v) is 9.95. The van der Waals surface area contributed by atoms with E-state index in [-0.39, 0.29) is 18.9 Å². The van der Waals surface area contributed by atoms with E-state index >= 15 is 0 Å². The second kappa shape index (κ2) is 12.7. The van der Waals surface area contributed by atoms with Crippen LogP contribution in [-0.2, 0) is 20.7 Å². The molecule has 1 N–H and O–H groups in total. The predicted molar refractivity (Wildman–Crippen MR) is 156 cm³/mol. The number of hydrogen-bond donors (Lipinski definition) is 1. The number of nitrogens with one attached hydrogen (secondary N) is 1. The molecule has 0 unspecified atom stereocenters. The van der Waals surface area contributed by atoms with Crippen molar-refractivity contribution < 1.29 is 19.1 Å². The van der Waals surface area contributed by atoms with Crippen LogP contribution in [0.4, 0.5) is 0 Å². The fraction of sp³-hybridized carbons (Fsp3) is 0.226. The van der Waals surface area contributed by atoms with Gasteiger partial charge in [-0.05, 0) is 42.2 Å². The minimum absolute atomic E-state index is 0.118. The number of carbonyl (C=O) groups is 2. The van der Waals surface area contributed by atoms with Crippen molar-refractivity contribution in [3.05, 3.63) is 112 Å². The van der Waals surface area contributed by atoms with Crippen molar-refractivity contribution in [2.75, 3.05) is 20.3 Å². The van der Waals surface area contributed by atoms with Crippen LogP contribution in [0.25, 0.3) is 5.70 Å². The van der Waals surface area contributed by atoms with E-state index in [0.717, 1.165) is 22.5 Å². The number of ether oxygens (including phenoxy) is 2. The molecular weight excluding hydrogens is 524 g/mol. The number of hydrogen-bond acceptors (Lipinski definition) is 8. The summed E-state index contributed by atoms with van der Waals surface area (Å²) in [6.45, 7) is 2.49. The molecular formula is C31H30N4O4S. The first kappa shape index (κ1) is 27.2. The summed E-state index contributed by atoms with van der Waals surface area (Å²) in [6, 6.07) is 22.4.